The van der Waals surface area contributed by atoms with Gasteiger partial charge in [0.2, 0.25) is 0 Å². The number of carbonyl (C=O) groups is 1. The summed E-state index contributed by atoms with van der Waals surface area (Å²) in [6.07, 6.45) is 0.277. The fourth-order valence-electron chi connectivity index (χ4n) is 1.84. The van der Waals surface area contributed by atoms with Crippen LogP contribution in [0.4, 0.5) is 8.78 Å². The SMILES string of the molecule is CCOC(=O)C(CN)Cc1ccc(OC)c(OC(F)F)c1. The third-order valence-electron chi connectivity index (χ3n) is 2.83. The van der Waals surface area contributed by atoms with Gasteiger partial charge in [0.15, 0.2) is 11.5 Å². The molecule has 5 nitrogen and oxygen atoms in total. The molecule has 0 aliphatic carbocycles. The molecule has 0 fully saturated rings. The average Bonchev–Trinajstić information content (AvgIpc) is 2.44. The third kappa shape index (κ3) is 5.18. The first kappa shape index (κ1) is 17.2. The Balaban J connectivity index is 2.89. The van der Waals surface area contributed by atoms with Crippen molar-refractivity contribution in [3.05, 3.63) is 23.8 Å². The zero-order valence-corrected chi connectivity index (χ0v) is 12.0. The van der Waals surface area contributed by atoms with Gasteiger partial charge in [-0.3, -0.25) is 4.79 Å². The van der Waals surface area contributed by atoms with E-state index in [1.807, 2.05) is 0 Å². The minimum Gasteiger partial charge on any atom is -0.493 e. The minimum atomic E-state index is -2.95. The maximum atomic E-state index is 12.4. The molecule has 1 rings (SSSR count). The normalized spacial score (nSPS) is 12.1. The number of esters is 1. The first-order valence-electron chi connectivity index (χ1n) is 6.50. The molecule has 1 aromatic rings. The fourth-order valence-corrected chi connectivity index (χ4v) is 1.84. The van der Waals surface area contributed by atoms with Crippen molar-refractivity contribution in [1.29, 1.82) is 0 Å². The quantitative estimate of drug-likeness (QED) is 0.744. The van der Waals surface area contributed by atoms with Gasteiger partial charge < -0.3 is 19.9 Å². The molecule has 7 heteroatoms. The summed E-state index contributed by atoms with van der Waals surface area (Å²) in [5.74, 6) is -0.825. The number of nitrogens with two attached hydrogens (primary N) is 1. The van der Waals surface area contributed by atoms with Crippen LogP contribution < -0.4 is 15.2 Å². The number of alkyl halides is 2. The molecular formula is C14H19F2NO4. The molecule has 0 saturated heterocycles. The lowest BCUT2D eigenvalue weighted by Gasteiger charge is -2.15. The number of benzene rings is 1. The Morgan fingerprint density at radius 3 is 2.57 bits per heavy atom. The van der Waals surface area contributed by atoms with Crippen LogP contribution in [0.15, 0.2) is 18.2 Å². The van der Waals surface area contributed by atoms with Crippen molar-refractivity contribution in [2.45, 2.75) is 20.0 Å². The summed E-state index contributed by atoms with van der Waals surface area (Å²) in [7, 11) is 1.36. The Hall–Kier alpha value is -1.89. The molecule has 21 heavy (non-hydrogen) atoms. The lowest BCUT2D eigenvalue weighted by molar-refractivity contribution is -0.147. The van der Waals surface area contributed by atoms with Crippen LogP contribution in [-0.4, -0.2) is 32.8 Å². The van der Waals surface area contributed by atoms with Crippen LogP contribution in [0.2, 0.25) is 0 Å². The Kier molecular flexibility index (Phi) is 6.87. The summed E-state index contributed by atoms with van der Waals surface area (Å²) < 4.78 is 39.0. The van der Waals surface area contributed by atoms with Crippen LogP contribution in [-0.2, 0) is 16.0 Å². The van der Waals surface area contributed by atoms with Crippen LogP contribution >= 0.6 is 0 Å². The van der Waals surface area contributed by atoms with Gasteiger partial charge in [-0.2, -0.15) is 8.78 Å². The number of methoxy groups -OCH3 is 1. The van der Waals surface area contributed by atoms with Crippen molar-refractivity contribution in [3.63, 3.8) is 0 Å². The van der Waals surface area contributed by atoms with Gasteiger partial charge >= 0.3 is 12.6 Å². The van der Waals surface area contributed by atoms with E-state index >= 15 is 0 Å². The van der Waals surface area contributed by atoms with Gasteiger partial charge in [-0.15, -0.1) is 0 Å². The van der Waals surface area contributed by atoms with Crippen molar-refractivity contribution < 1.29 is 27.8 Å². The number of rotatable bonds is 8. The van der Waals surface area contributed by atoms with E-state index in [4.69, 9.17) is 15.2 Å². The number of carbonyl (C=O) groups excluding carboxylic acids is 1. The van der Waals surface area contributed by atoms with Gasteiger partial charge in [-0.05, 0) is 31.0 Å². The first-order valence-corrected chi connectivity index (χ1v) is 6.50. The predicted octanol–water partition coefficient (Wildman–Crippen LogP) is 1.98. The second kappa shape index (κ2) is 8.41. The minimum absolute atomic E-state index is 0.0790. The van der Waals surface area contributed by atoms with Crippen LogP contribution in [0.1, 0.15) is 12.5 Å². The van der Waals surface area contributed by atoms with Crippen molar-refractivity contribution in [2.24, 2.45) is 11.7 Å². The molecule has 0 aliphatic rings. The molecule has 0 aliphatic heterocycles. The van der Waals surface area contributed by atoms with Crippen LogP contribution in [0.25, 0.3) is 0 Å². The van der Waals surface area contributed by atoms with Crippen molar-refractivity contribution in [1.82, 2.24) is 0 Å². The second-order valence-electron chi connectivity index (χ2n) is 4.25. The van der Waals surface area contributed by atoms with Crippen molar-refractivity contribution >= 4 is 5.97 Å². The molecule has 0 saturated carbocycles. The Morgan fingerprint density at radius 1 is 1.33 bits per heavy atom. The smallest absolute Gasteiger partial charge is 0.387 e. The van der Waals surface area contributed by atoms with E-state index in [-0.39, 0.29) is 31.1 Å². The summed E-state index contributed by atoms with van der Waals surface area (Å²) in [4.78, 5) is 11.7. The highest BCUT2D eigenvalue weighted by Gasteiger charge is 2.20. The zero-order chi connectivity index (χ0) is 15.8. The summed E-state index contributed by atoms with van der Waals surface area (Å²) in [5.41, 5.74) is 6.18. The highest BCUT2D eigenvalue weighted by atomic mass is 19.3. The lowest BCUT2D eigenvalue weighted by atomic mass is 9.99. The predicted molar refractivity (Wildman–Crippen MR) is 72.5 cm³/mol. The van der Waals surface area contributed by atoms with Crippen molar-refractivity contribution in [2.75, 3.05) is 20.3 Å². The average molecular weight is 303 g/mol. The number of ether oxygens (including phenoxy) is 3. The summed E-state index contributed by atoms with van der Waals surface area (Å²) in [5, 5.41) is 0. The molecule has 0 aromatic heterocycles. The number of halogens is 2. The van der Waals surface area contributed by atoms with E-state index < -0.39 is 18.5 Å². The molecule has 1 aromatic carbocycles. The summed E-state index contributed by atoms with van der Waals surface area (Å²) >= 11 is 0. The highest BCUT2D eigenvalue weighted by Crippen LogP contribution is 2.30. The zero-order valence-electron chi connectivity index (χ0n) is 12.0. The largest absolute Gasteiger partial charge is 0.493 e. The Bertz CT molecular complexity index is 468. The Labute approximate surface area is 122 Å². The van der Waals surface area contributed by atoms with Crippen molar-refractivity contribution in [3.8, 4) is 11.5 Å². The number of hydrogen-bond acceptors (Lipinski definition) is 5. The van der Waals surface area contributed by atoms with E-state index in [0.717, 1.165) is 0 Å². The molecule has 118 valence electrons. The van der Waals surface area contributed by atoms with Crippen LogP contribution in [0, 0.1) is 5.92 Å². The monoisotopic (exact) mass is 303 g/mol. The topological polar surface area (TPSA) is 70.8 Å². The molecule has 2 N–H and O–H groups in total. The molecule has 0 amide bonds. The molecular weight excluding hydrogens is 284 g/mol. The molecule has 0 bridgehead atoms. The lowest BCUT2D eigenvalue weighted by Crippen LogP contribution is -2.27. The third-order valence-corrected chi connectivity index (χ3v) is 2.83. The molecule has 0 spiro atoms. The molecule has 1 atom stereocenters. The standard InChI is InChI=1S/C14H19F2NO4/c1-3-20-13(18)10(8-17)6-9-4-5-11(19-2)12(7-9)21-14(15)16/h4-5,7,10,14H,3,6,8,17H2,1-2H3. The van der Waals surface area contributed by atoms with Gasteiger partial charge in [0.25, 0.3) is 0 Å². The first-order chi connectivity index (χ1) is 10.0. The molecule has 0 heterocycles. The van der Waals surface area contributed by atoms with Gasteiger partial charge in [-0.25, -0.2) is 0 Å². The second-order valence-corrected chi connectivity index (χ2v) is 4.25. The maximum Gasteiger partial charge on any atom is 0.387 e. The van der Waals surface area contributed by atoms with Crippen LogP contribution in [0.3, 0.4) is 0 Å². The highest BCUT2D eigenvalue weighted by molar-refractivity contribution is 5.73. The van der Waals surface area contributed by atoms with E-state index in [1.54, 1.807) is 13.0 Å². The molecule has 0 radical (unpaired) electrons. The fraction of sp³-hybridized carbons (Fsp3) is 0.500. The van der Waals surface area contributed by atoms with E-state index in [0.29, 0.717) is 5.56 Å². The van der Waals surface area contributed by atoms with E-state index in [1.165, 1.54) is 19.2 Å². The summed E-state index contributed by atoms with van der Waals surface area (Å²) in [6, 6.07) is 4.58. The Morgan fingerprint density at radius 2 is 2.05 bits per heavy atom. The van der Waals surface area contributed by atoms with Gasteiger partial charge in [0.05, 0.1) is 19.6 Å². The maximum absolute atomic E-state index is 12.4. The van der Waals surface area contributed by atoms with E-state index in [2.05, 4.69) is 4.74 Å². The van der Waals surface area contributed by atoms with Crippen LogP contribution in [0.5, 0.6) is 11.5 Å². The molecule has 1 unspecified atom stereocenters. The van der Waals surface area contributed by atoms with Gasteiger partial charge in [-0.1, -0.05) is 6.07 Å². The van der Waals surface area contributed by atoms with Gasteiger partial charge in [0.1, 0.15) is 0 Å². The number of hydrogen-bond donors (Lipinski definition) is 1. The summed E-state index contributed by atoms with van der Waals surface area (Å²) in [6.45, 7) is -0.884. The van der Waals surface area contributed by atoms with Gasteiger partial charge in [0, 0.05) is 6.54 Å². The van der Waals surface area contributed by atoms with E-state index in [9.17, 15) is 13.6 Å².